The second kappa shape index (κ2) is 7.95. The van der Waals surface area contributed by atoms with Crippen LogP contribution in [0.3, 0.4) is 0 Å². The third-order valence-corrected chi connectivity index (χ3v) is 5.41. The van der Waals surface area contributed by atoms with Gasteiger partial charge in [0.25, 0.3) is 6.43 Å². The molecule has 0 unspecified atom stereocenters. The van der Waals surface area contributed by atoms with E-state index in [0.29, 0.717) is 38.3 Å². The third kappa shape index (κ3) is 4.22. The Balaban J connectivity index is 1.34. The van der Waals surface area contributed by atoms with Crippen LogP contribution in [-0.4, -0.2) is 51.7 Å². The molecule has 1 aliphatic carbocycles. The highest BCUT2D eigenvalue weighted by Gasteiger charge is 2.31. The summed E-state index contributed by atoms with van der Waals surface area (Å²) in [6.07, 6.45) is -0.718. The van der Waals surface area contributed by atoms with E-state index >= 15 is 0 Å². The first-order valence-electron chi connectivity index (χ1n) is 9.60. The van der Waals surface area contributed by atoms with Gasteiger partial charge in [-0.3, -0.25) is 14.4 Å². The lowest BCUT2D eigenvalue weighted by Gasteiger charge is -2.34. The van der Waals surface area contributed by atoms with E-state index in [1.807, 2.05) is 6.07 Å². The maximum atomic E-state index is 13.8. The van der Waals surface area contributed by atoms with Gasteiger partial charge in [-0.2, -0.15) is 5.10 Å². The van der Waals surface area contributed by atoms with E-state index in [4.69, 9.17) is 0 Å². The Morgan fingerprint density at radius 3 is 2.50 bits per heavy atom. The van der Waals surface area contributed by atoms with Crippen LogP contribution < -0.4 is 0 Å². The van der Waals surface area contributed by atoms with Gasteiger partial charge in [0, 0.05) is 49.9 Å². The third-order valence-electron chi connectivity index (χ3n) is 5.41. The lowest BCUT2D eigenvalue weighted by atomic mass is 10.2. The molecule has 2 aromatic rings. The van der Waals surface area contributed by atoms with Crippen LogP contribution in [0.4, 0.5) is 13.2 Å². The topological polar surface area (TPSA) is 41.4 Å². The second-order valence-electron chi connectivity index (χ2n) is 7.48. The van der Waals surface area contributed by atoms with Crippen LogP contribution in [0.15, 0.2) is 30.3 Å². The van der Waals surface area contributed by atoms with E-state index in [0.717, 1.165) is 18.5 Å². The van der Waals surface area contributed by atoms with Crippen LogP contribution in [-0.2, 0) is 17.9 Å². The fraction of sp³-hybridized carbons (Fsp3) is 0.500. The van der Waals surface area contributed by atoms with Crippen molar-refractivity contribution in [1.82, 2.24) is 19.6 Å². The molecule has 0 radical (unpaired) electrons. The quantitative estimate of drug-likeness (QED) is 0.758. The van der Waals surface area contributed by atoms with Gasteiger partial charge in [0.2, 0.25) is 5.91 Å². The predicted molar refractivity (Wildman–Crippen MR) is 97.4 cm³/mol. The Kier molecular flexibility index (Phi) is 5.39. The molecule has 8 heteroatoms. The van der Waals surface area contributed by atoms with Crippen molar-refractivity contribution in [3.05, 3.63) is 53.1 Å². The number of carbonyl (C=O) groups is 1. The Morgan fingerprint density at radius 1 is 1.14 bits per heavy atom. The highest BCUT2D eigenvalue weighted by Crippen LogP contribution is 2.41. The van der Waals surface area contributed by atoms with Crippen LogP contribution in [0, 0.1) is 5.82 Å². The largest absolute Gasteiger partial charge is 0.339 e. The van der Waals surface area contributed by atoms with Crippen molar-refractivity contribution in [2.45, 2.75) is 38.3 Å². The molecule has 0 atom stereocenters. The van der Waals surface area contributed by atoms with Crippen molar-refractivity contribution >= 4 is 5.91 Å². The summed E-state index contributed by atoms with van der Waals surface area (Å²) in [4.78, 5) is 16.5. The van der Waals surface area contributed by atoms with E-state index in [1.165, 1.54) is 16.8 Å². The number of benzene rings is 1. The van der Waals surface area contributed by atoms with Crippen molar-refractivity contribution in [2.24, 2.45) is 0 Å². The van der Waals surface area contributed by atoms with E-state index in [-0.39, 0.29) is 29.9 Å². The summed E-state index contributed by atoms with van der Waals surface area (Å²) >= 11 is 0. The Bertz CT molecular complexity index is 842. The van der Waals surface area contributed by atoms with Crippen LogP contribution in [0.25, 0.3) is 0 Å². The van der Waals surface area contributed by atoms with Gasteiger partial charge in [0.05, 0.1) is 0 Å². The minimum atomic E-state index is -2.63. The summed E-state index contributed by atoms with van der Waals surface area (Å²) < 4.78 is 41.2. The molecule has 2 fully saturated rings. The number of rotatable bonds is 6. The predicted octanol–water partition coefficient (Wildman–Crippen LogP) is 3.18. The van der Waals surface area contributed by atoms with Crippen LogP contribution in [0.2, 0.25) is 0 Å². The number of nitrogens with zero attached hydrogens (tertiary/aromatic N) is 4. The van der Waals surface area contributed by atoms with Crippen molar-refractivity contribution in [1.29, 1.82) is 0 Å². The van der Waals surface area contributed by atoms with Gasteiger partial charge >= 0.3 is 0 Å². The Hall–Kier alpha value is -2.35. The summed E-state index contributed by atoms with van der Waals surface area (Å²) in [5.41, 5.74) is 1.12. The standard InChI is InChI=1S/C20H23F3N4O/c21-16-4-2-1-3-15(16)12-25-7-9-26(10-8-25)19(28)13-27-18(14-5-6-14)11-17(24-27)20(22)23/h1-4,11,14,20H,5-10,12-13H2. The van der Waals surface area contributed by atoms with Gasteiger partial charge in [0.1, 0.15) is 18.1 Å². The summed E-state index contributed by atoms with van der Waals surface area (Å²) in [6.45, 7) is 2.88. The summed E-state index contributed by atoms with van der Waals surface area (Å²) in [6, 6.07) is 8.13. The monoisotopic (exact) mass is 392 g/mol. The van der Waals surface area contributed by atoms with Crippen molar-refractivity contribution in [3.63, 3.8) is 0 Å². The maximum absolute atomic E-state index is 13.8. The SMILES string of the molecule is O=C(Cn1nc(C(F)F)cc1C1CC1)N1CCN(Cc2ccccc2F)CC1. The fourth-order valence-corrected chi connectivity index (χ4v) is 3.64. The molecule has 0 spiro atoms. The van der Waals surface area contributed by atoms with E-state index in [2.05, 4.69) is 10.00 Å². The molecular formula is C20H23F3N4O. The molecule has 5 nitrogen and oxygen atoms in total. The highest BCUT2D eigenvalue weighted by molar-refractivity contribution is 5.76. The summed E-state index contributed by atoms with van der Waals surface area (Å²) in [5.74, 6) is -0.0936. The van der Waals surface area contributed by atoms with Crippen LogP contribution in [0.5, 0.6) is 0 Å². The molecule has 1 aromatic carbocycles. The maximum Gasteiger partial charge on any atom is 0.282 e. The van der Waals surface area contributed by atoms with Crippen molar-refractivity contribution in [2.75, 3.05) is 26.2 Å². The minimum Gasteiger partial charge on any atom is -0.339 e. The van der Waals surface area contributed by atoms with Crippen molar-refractivity contribution < 1.29 is 18.0 Å². The van der Waals surface area contributed by atoms with Gasteiger partial charge < -0.3 is 4.90 Å². The number of piperazine rings is 1. The second-order valence-corrected chi connectivity index (χ2v) is 7.48. The molecule has 0 bridgehead atoms. The van der Waals surface area contributed by atoms with Gasteiger partial charge in [-0.1, -0.05) is 18.2 Å². The van der Waals surface area contributed by atoms with Gasteiger partial charge in [-0.15, -0.1) is 0 Å². The Labute approximate surface area is 161 Å². The molecule has 1 aliphatic heterocycles. The van der Waals surface area contributed by atoms with E-state index in [1.54, 1.807) is 17.0 Å². The number of halogens is 3. The summed E-state index contributed by atoms with van der Waals surface area (Å²) in [5, 5.41) is 3.95. The zero-order valence-corrected chi connectivity index (χ0v) is 15.5. The number of aromatic nitrogens is 2. The first-order chi connectivity index (χ1) is 13.5. The molecule has 2 aliphatic rings. The van der Waals surface area contributed by atoms with Gasteiger partial charge in [0.15, 0.2) is 0 Å². The summed E-state index contributed by atoms with van der Waals surface area (Å²) in [7, 11) is 0. The fourth-order valence-electron chi connectivity index (χ4n) is 3.64. The number of hydrogen-bond donors (Lipinski definition) is 0. The highest BCUT2D eigenvalue weighted by atomic mass is 19.3. The molecular weight excluding hydrogens is 369 g/mol. The molecule has 1 saturated heterocycles. The zero-order valence-electron chi connectivity index (χ0n) is 15.5. The molecule has 0 N–H and O–H groups in total. The normalized spacial score (nSPS) is 18.1. The molecule has 1 saturated carbocycles. The Morgan fingerprint density at radius 2 is 1.86 bits per heavy atom. The average molecular weight is 392 g/mol. The molecule has 150 valence electrons. The van der Waals surface area contributed by atoms with Gasteiger partial charge in [-0.25, -0.2) is 13.2 Å². The first-order valence-corrected chi connectivity index (χ1v) is 9.60. The van der Waals surface area contributed by atoms with Crippen LogP contribution in [0.1, 0.15) is 42.1 Å². The number of alkyl halides is 2. The first kappa shape index (κ1) is 19.0. The number of amides is 1. The number of hydrogen-bond acceptors (Lipinski definition) is 3. The van der Waals surface area contributed by atoms with Crippen molar-refractivity contribution in [3.8, 4) is 0 Å². The minimum absolute atomic E-state index is 0.00807. The molecule has 28 heavy (non-hydrogen) atoms. The smallest absolute Gasteiger partial charge is 0.282 e. The van der Waals surface area contributed by atoms with Gasteiger partial charge in [-0.05, 0) is 25.0 Å². The molecule has 1 amide bonds. The molecule has 2 heterocycles. The lowest BCUT2D eigenvalue weighted by molar-refractivity contribution is -0.133. The number of carbonyl (C=O) groups excluding carboxylic acids is 1. The lowest BCUT2D eigenvalue weighted by Crippen LogP contribution is -2.49. The van der Waals surface area contributed by atoms with E-state index in [9.17, 15) is 18.0 Å². The zero-order chi connectivity index (χ0) is 19.7. The average Bonchev–Trinajstić information content (AvgIpc) is 3.44. The molecule has 1 aromatic heterocycles. The van der Waals surface area contributed by atoms with E-state index < -0.39 is 6.43 Å². The van der Waals surface area contributed by atoms with Crippen LogP contribution >= 0.6 is 0 Å². The molecule has 4 rings (SSSR count).